The van der Waals surface area contributed by atoms with Gasteiger partial charge in [0.2, 0.25) is 0 Å². The third-order valence-corrected chi connectivity index (χ3v) is 2.22. The Bertz CT molecular complexity index is 256. The third kappa shape index (κ3) is 2.73. The van der Waals surface area contributed by atoms with Crippen molar-refractivity contribution in [1.29, 1.82) is 0 Å². The molecule has 80 valence electrons. The van der Waals surface area contributed by atoms with Crippen molar-refractivity contribution in [1.82, 2.24) is 15.1 Å². The molecule has 0 aliphatic heterocycles. The van der Waals surface area contributed by atoms with E-state index in [4.69, 9.17) is 0 Å². The molecule has 4 nitrogen and oxygen atoms in total. The topological polar surface area (TPSA) is 33.1 Å². The van der Waals surface area contributed by atoms with Crippen LogP contribution in [0.15, 0.2) is 12.3 Å². The number of hydrogen-bond donors (Lipinski definition) is 1. The number of nitrogens with one attached hydrogen (secondary N) is 1. The van der Waals surface area contributed by atoms with E-state index in [-0.39, 0.29) is 0 Å². The molecule has 0 aromatic carbocycles. The predicted octanol–water partition coefficient (Wildman–Crippen LogP) is 0.949. The zero-order chi connectivity index (χ0) is 10.4. The molecule has 1 rings (SSSR count). The van der Waals surface area contributed by atoms with E-state index in [2.05, 4.69) is 40.0 Å². The first kappa shape index (κ1) is 11.0. The summed E-state index contributed by atoms with van der Waals surface area (Å²) in [6.07, 6.45) is 2.98. The van der Waals surface area contributed by atoms with Crippen molar-refractivity contribution in [3.8, 4) is 0 Å². The molecule has 0 atom stereocenters. The Morgan fingerprint density at radius 2 is 2.36 bits per heavy atom. The fourth-order valence-electron chi connectivity index (χ4n) is 1.43. The van der Waals surface area contributed by atoms with Gasteiger partial charge in [-0.1, -0.05) is 6.92 Å². The summed E-state index contributed by atoms with van der Waals surface area (Å²) in [6, 6.07) is 2.06. The molecule has 1 aromatic heterocycles. The predicted molar refractivity (Wildman–Crippen MR) is 59.7 cm³/mol. The molecule has 14 heavy (non-hydrogen) atoms. The highest BCUT2D eigenvalue weighted by Gasteiger charge is 2.05. The molecule has 0 saturated carbocycles. The molecular formula is C10H20N4. The minimum atomic E-state index is 0.992. The number of hydrogen-bond acceptors (Lipinski definition) is 3. The fourth-order valence-corrected chi connectivity index (χ4v) is 1.43. The number of rotatable bonds is 6. The first-order valence-corrected chi connectivity index (χ1v) is 5.17. The molecule has 0 unspecified atom stereocenters. The van der Waals surface area contributed by atoms with E-state index < -0.39 is 0 Å². The molecule has 0 amide bonds. The minimum absolute atomic E-state index is 0.992. The van der Waals surface area contributed by atoms with Crippen molar-refractivity contribution in [2.45, 2.75) is 19.9 Å². The lowest BCUT2D eigenvalue weighted by Gasteiger charge is -2.19. The normalized spacial score (nSPS) is 10.5. The van der Waals surface area contributed by atoms with Crippen molar-refractivity contribution in [2.24, 2.45) is 0 Å². The molecular weight excluding hydrogens is 176 g/mol. The highest BCUT2D eigenvalue weighted by molar-refractivity contribution is 5.36. The Morgan fingerprint density at radius 1 is 1.57 bits per heavy atom. The van der Waals surface area contributed by atoms with Crippen LogP contribution in [0.5, 0.6) is 0 Å². The second-order valence-corrected chi connectivity index (χ2v) is 3.44. The number of aromatic nitrogens is 2. The van der Waals surface area contributed by atoms with Crippen LogP contribution in [0.3, 0.4) is 0 Å². The lowest BCUT2D eigenvalue weighted by Crippen LogP contribution is -2.28. The highest BCUT2D eigenvalue weighted by atomic mass is 15.4. The van der Waals surface area contributed by atoms with Gasteiger partial charge in [-0.25, -0.2) is 4.68 Å². The van der Waals surface area contributed by atoms with Crippen LogP contribution in [0, 0.1) is 0 Å². The van der Waals surface area contributed by atoms with Crippen molar-refractivity contribution >= 4 is 5.82 Å². The lowest BCUT2D eigenvalue weighted by molar-refractivity contribution is 0.593. The maximum Gasteiger partial charge on any atom is 0.126 e. The molecule has 1 aromatic rings. The van der Waals surface area contributed by atoms with Crippen molar-refractivity contribution in [2.75, 3.05) is 32.1 Å². The molecule has 0 fully saturated rings. The van der Waals surface area contributed by atoms with Crippen LogP contribution in [0.25, 0.3) is 0 Å². The van der Waals surface area contributed by atoms with Crippen LogP contribution < -0.4 is 10.2 Å². The van der Waals surface area contributed by atoms with E-state index >= 15 is 0 Å². The summed E-state index contributed by atoms with van der Waals surface area (Å²) >= 11 is 0. The average molecular weight is 196 g/mol. The minimum Gasteiger partial charge on any atom is -0.359 e. The Hall–Kier alpha value is -1.03. The van der Waals surface area contributed by atoms with Crippen LogP contribution in [-0.2, 0) is 6.54 Å². The lowest BCUT2D eigenvalue weighted by atomic mass is 10.4. The quantitative estimate of drug-likeness (QED) is 0.735. The zero-order valence-corrected chi connectivity index (χ0v) is 9.32. The van der Waals surface area contributed by atoms with E-state index in [1.165, 1.54) is 5.82 Å². The van der Waals surface area contributed by atoms with Crippen LogP contribution in [0.1, 0.15) is 13.3 Å². The molecule has 0 saturated heterocycles. The van der Waals surface area contributed by atoms with Gasteiger partial charge in [0.25, 0.3) is 0 Å². The van der Waals surface area contributed by atoms with Gasteiger partial charge in [0, 0.05) is 32.7 Å². The summed E-state index contributed by atoms with van der Waals surface area (Å²) in [5, 5.41) is 7.43. The smallest absolute Gasteiger partial charge is 0.126 e. The van der Waals surface area contributed by atoms with Crippen LogP contribution in [0.4, 0.5) is 5.82 Å². The Morgan fingerprint density at radius 3 is 3.00 bits per heavy atom. The molecule has 1 heterocycles. The van der Waals surface area contributed by atoms with Gasteiger partial charge in [0.1, 0.15) is 5.82 Å². The highest BCUT2D eigenvalue weighted by Crippen LogP contribution is 2.11. The van der Waals surface area contributed by atoms with E-state index in [1.54, 1.807) is 0 Å². The van der Waals surface area contributed by atoms with Crippen LogP contribution in [-0.4, -0.2) is 37.0 Å². The second kappa shape index (κ2) is 5.65. The van der Waals surface area contributed by atoms with Crippen molar-refractivity contribution in [3.05, 3.63) is 12.3 Å². The molecule has 0 aliphatic carbocycles. The van der Waals surface area contributed by atoms with E-state index in [9.17, 15) is 0 Å². The largest absolute Gasteiger partial charge is 0.359 e. The van der Waals surface area contributed by atoms with E-state index in [1.807, 2.05) is 13.2 Å². The van der Waals surface area contributed by atoms with Gasteiger partial charge in [0.05, 0.1) is 6.20 Å². The van der Waals surface area contributed by atoms with Crippen molar-refractivity contribution < 1.29 is 0 Å². The van der Waals surface area contributed by atoms with Gasteiger partial charge in [0.15, 0.2) is 0 Å². The maximum atomic E-state index is 4.29. The van der Waals surface area contributed by atoms with Gasteiger partial charge >= 0.3 is 0 Å². The summed E-state index contributed by atoms with van der Waals surface area (Å²) in [4.78, 5) is 2.22. The third-order valence-electron chi connectivity index (χ3n) is 2.22. The summed E-state index contributed by atoms with van der Waals surface area (Å²) in [7, 11) is 4.07. The van der Waals surface area contributed by atoms with Crippen molar-refractivity contribution in [3.63, 3.8) is 0 Å². The van der Waals surface area contributed by atoms with Gasteiger partial charge < -0.3 is 10.2 Å². The summed E-state index contributed by atoms with van der Waals surface area (Å²) < 4.78 is 2.05. The fraction of sp³-hybridized carbons (Fsp3) is 0.700. The SMILES string of the molecule is CCCn1nccc1N(C)CCNC. The monoisotopic (exact) mass is 196 g/mol. The van der Waals surface area contributed by atoms with Gasteiger partial charge in [-0.2, -0.15) is 5.10 Å². The molecule has 0 bridgehead atoms. The Kier molecular flexibility index (Phi) is 4.46. The number of aryl methyl sites for hydroxylation is 1. The summed E-state index contributed by atoms with van der Waals surface area (Å²) in [5.41, 5.74) is 0. The Balaban J connectivity index is 2.58. The number of nitrogens with zero attached hydrogens (tertiary/aromatic N) is 3. The number of likely N-dealkylation sites (N-methyl/N-ethyl adjacent to an activating group) is 2. The van der Waals surface area contributed by atoms with Crippen LogP contribution in [0.2, 0.25) is 0 Å². The van der Waals surface area contributed by atoms with Gasteiger partial charge in [-0.05, 0) is 13.5 Å². The molecule has 0 aliphatic rings. The second-order valence-electron chi connectivity index (χ2n) is 3.44. The van der Waals surface area contributed by atoms with Crippen LogP contribution >= 0.6 is 0 Å². The first-order valence-electron chi connectivity index (χ1n) is 5.17. The molecule has 0 spiro atoms. The standard InChI is InChI=1S/C10H20N4/c1-4-8-14-10(5-6-12-14)13(3)9-7-11-2/h5-6,11H,4,7-9H2,1-3H3. The Labute approximate surface area is 85.9 Å². The average Bonchev–Trinajstić information content (AvgIpc) is 2.63. The van der Waals surface area contributed by atoms with E-state index in [0.717, 1.165) is 26.1 Å². The number of anilines is 1. The van der Waals surface area contributed by atoms with Gasteiger partial charge in [-0.3, -0.25) is 0 Å². The zero-order valence-electron chi connectivity index (χ0n) is 9.32. The molecule has 4 heteroatoms. The molecule has 0 radical (unpaired) electrons. The first-order chi connectivity index (χ1) is 6.79. The molecule has 1 N–H and O–H groups in total. The summed E-state index contributed by atoms with van der Waals surface area (Å²) in [6.45, 7) is 5.16. The maximum absolute atomic E-state index is 4.29. The van der Waals surface area contributed by atoms with E-state index in [0.29, 0.717) is 0 Å². The van der Waals surface area contributed by atoms with Gasteiger partial charge in [-0.15, -0.1) is 0 Å². The summed E-state index contributed by atoms with van der Waals surface area (Å²) in [5.74, 6) is 1.20.